The summed E-state index contributed by atoms with van der Waals surface area (Å²) < 4.78 is 1.63. The van der Waals surface area contributed by atoms with Crippen LogP contribution in [0.4, 0.5) is 0 Å². The monoisotopic (exact) mass is 233 g/mol. The number of carbonyl (C=O) groups is 1. The molecule has 0 atom stereocenters. The largest absolute Gasteiger partial charge is 0.293 e. The van der Waals surface area contributed by atoms with Gasteiger partial charge in [0.1, 0.15) is 0 Å². The van der Waals surface area contributed by atoms with Gasteiger partial charge in [0.05, 0.1) is 17.5 Å². The molecule has 0 aliphatic heterocycles. The van der Waals surface area contributed by atoms with Crippen molar-refractivity contribution in [3.05, 3.63) is 42.5 Å². The third-order valence-corrected chi connectivity index (χ3v) is 3.06. The van der Waals surface area contributed by atoms with Crippen molar-refractivity contribution in [2.45, 2.75) is 4.90 Å². The Bertz CT molecular complexity index is 481. The minimum atomic E-state index is 0.0925. The normalized spacial score (nSPS) is 10.3. The van der Waals surface area contributed by atoms with Gasteiger partial charge in [0, 0.05) is 30.5 Å². The van der Waals surface area contributed by atoms with Crippen LogP contribution in [0.5, 0.6) is 0 Å². The third-order valence-electron chi connectivity index (χ3n) is 2.05. The predicted octanol–water partition coefficient (Wildman–Crippen LogP) is 1.79. The fourth-order valence-electron chi connectivity index (χ4n) is 1.23. The van der Waals surface area contributed by atoms with Crippen molar-refractivity contribution in [3.8, 4) is 0 Å². The fraction of sp³-hybridized carbons (Fsp3) is 0.182. The molecule has 2 heterocycles. The van der Waals surface area contributed by atoms with Gasteiger partial charge in [-0.3, -0.25) is 14.5 Å². The van der Waals surface area contributed by atoms with Crippen LogP contribution in [0, 0.1) is 0 Å². The molecule has 0 aromatic carbocycles. The molecule has 2 aromatic heterocycles. The summed E-state index contributed by atoms with van der Waals surface area (Å²) in [7, 11) is 1.80. The van der Waals surface area contributed by atoms with E-state index in [2.05, 4.69) is 10.1 Å². The van der Waals surface area contributed by atoms with E-state index in [0.29, 0.717) is 11.3 Å². The van der Waals surface area contributed by atoms with E-state index >= 15 is 0 Å². The average molecular weight is 233 g/mol. The van der Waals surface area contributed by atoms with Gasteiger partial charge in [-0.05, 0) is 12.1 Å². The van der Waals surface area contributed by atoms with Crippen LogP contribution in [0.25, 0.3) is 0 Å². The van der Waals surface area contributed by atoms with E-state index in [1.807, 2.05) is 12.1 Å². The summed E-state index contributed by atoms with van der Waals surface area (Å²) in [5.41, 5.74) is 0.657. The molecule has 82 valence electrons. The first-order valence-electron chi connectivity index (χ1n) is 4.80. The van der Waals surface area contributed by atoms with Gasteiger partial charge in [-0.25, -0.2) is 0 Å². The summed E-state index contributed by atoms with van der Waals surface area (Å²) in [5.74, 6) is 0.519. The molecular formula is C11H11N3OS. The standard InChI is InChI=1S/C11H11N3OS/c1-14-7-9(6-13-14)11(15)8-16-10-2-4-12-5-3-10/h2-7H,8H2,1H3. The quantitative estimate of drug-likeness (QED) is 0.596. The zero-order valence-corrected chi connectivity index (χ0v) is 9.65. The van der Waals surface area contributed by atoms with Gasteiger partial charge >= 0.3 is 0 Å². The summed E-state index contributed by atoms with van der Waals surface area (Å²) in [4.78, 5) is 16.7. The van der Waals surface area contributed by atoms with E-state index in [1.54, 1.807) is 36.5 Å². The topological polar surface area (TPSA) is 47.8 Å². The number of ketones is 1. The van der Waals surface area contributed by atoms with Crippen LogP contribution < -0.4 is 0 Å². The number of nitrogens with zero attached hydrogens (tertiary/aromatic N) is 3. The maximum Gasteiger partial charge on any atom is 0.176 e. The number of Topliss-reactive ketones (excluding diaryl/α,β-unsaturated/α-hetero) is 1. The Balaban J connectivity index is 1.94. The average Bonchev–Trinajstić information content (AvgIpc) is 2.74. The van der Waals surface area contributed by atoms with E-state index in [0.717, 1.165) is 4.90 Å². The van der Waals surface area contributed by atoms with Crippen molar-refractivity contribution in [2.75, 3.05) is 5.75 Å². The zero-order valence-electron chi connectivity index (χ0n) is 8.83. The second kappa shape index (κ2) is 4.94. The van der Waals surface area contributed by atoms with E-state index in [4.69, 9.17) is 0 Å². The molecule has 2 rings (SSSR count). The molecule has 0 spiro atoms. The van der Waals surface area contributed by atoms with Crippen LogP contribution in [0.15, 0.2) is 41.8 Å². The molecule has 0 aliphatic carbocycles. The highest BCUT2D eigenvalue weighted by Gasteiger charge is 2.08. The lowest BCUT2D eigenvalue weighted by Gasteiger charge is -1.98. The van der Waals surface area contributed by atoms with E-state index in [9.17, 15) is 4.79 Å². The fourth-order valence-corrected chi connectivity index (χ4v) is 2.01. The predicted molar refractivity (Wildman–Crippen MR) is 62.5 cm³/mol. The molecule has 0 unspecified atom stereocenters. The van der Waals surface area contributed by atoms with Crippen molar-refractivity contribution < 1.29 is 4.79 Å². The SMILES string of the molecule is Cn1cc(C(=O)CSc2ccncc2)cn1. The zero-order chi connectivity index (χ0) is 11.4. The van der Waals surface area contributed by atoms with Gasteiger partial charge in [-0.1, -0.05) is 0 Å². The highest BCUT2D eigenvalue weighted by Crippen LogP contribution is 2.17. The summed E-state index contributed by atoms with van der Waals surface area (Å²) >= 11 is 1.51. The number of carbonyl (C=O) groups excluding carboxylic acids is 1. The Morgan fingerprint density at radius 1 is 1.44 bits per heavy atom. The first-order valence-corrected chi connectivity index (χ1v) is 5.79. The molecule has 0 fully saturated rings. The number of aryl methyl sites for hydroxylation is 1. The minimum Gasteiger partial charge on any atom is -0.293 e. The first-order chi connectivity index (χ1) is 7.75. The van der Waals surface area contributed by atoms with Crippen LogP contribution in [-0.2, 0) is 7.05 Å². The molecule has 2 aromatic rings. The second-order valence-electron chi connectivity index (χ2n) is 3.30. The van der Waals surface area contributed by atoms with E-state index < -0.39 is 0 Å². The molecule has 4 nitrogen and oxygen atoms in total. The Morgan fingerprint density at radius 3 is 2.81 bits per heavy atom. The van der Waals surface area contributed by atoms with Crippen LogP contribution in [-0.4, -0.2) is 26.3 Å². The van der Waals surface area contributed by atoms with Gasteiger partial charge in [0.2, 0.25) is 0 Å². The molecule has 0 saturated heterocycles. The first kappa shape index (κ1) is 10.9. The summed E-state index contributed by atoms with van der Waals surface area (Å²) in [6.07, 6.45) is 6.76. The van der Waals surface area contributed by atoms with Crippen LogP contribution >= 0.6 is 11.8 Å². The second-order valence-corrected chi connectivity index (χ2v) is 4.35. The minimum absolute atomic E-state index is 0.0925. The molecule has 0 aliphatic rings. The van der Waals surface area contributed by atoms with Gasteiger partial charge in [-0.2, -0.15) is 5.10 Å². The molecule has 0 amide bonds. The summed E-state index contributed by atoms with van der Waals surface area (Å²) in [6, 6.07) is 3.78. The Morgan fingerprint density at radius 2 is 2.19 bits per heavy atom. The van der Waals surface area contributed by atoms with Crippen molar-refractivity contribution in [2.24, 2.45) is 7.05 Å². The smallest absolute Gasteiger partial charge is 0.176 e. The maximum absolute atomic E-state index is 11.7. The van der Waals surface area contributed by atoms with Crippen molar-refractivity contribution >= 4 is 17.5 Å². The third kappa shape index (κ3) is 2.70. The van der Waals surface area contributed by atoms with Crippen molar-refractivity contribution in [1.82, 2.24) is 14.8 Å². The molecule has 0 bridgehead atoms. The lowest BCUT2D eigenvalue weighted by molar-refractivity contribution is 0.102. The number of hydrogen-bond donors (Lipinski definition) is 0. The lowest BCUT2D eigenvalue weighted by Crippen LogP contribution is -2.00. The van der Waals surface area contributed by atoms with Gasteiger partial charge in [0.25, 0.3) is 0 Å². The summed E-state index contributed by atoms with van der Waals surface area (Å²) in [6.45, 7) is 0. The summed E-state index contributed by atoms with van der Waals surface area (Å²) in [5, 5.41) is 3.97. The lowest BCUT2D eigenvalue weighted by atomic mass is 10.3. The van der Waals surface area contributed by atoms with Crippen LogP contribution in [0.3, 0.4) is 0 Å². The Kier molecular flexibility index (Phi) is 3.36. The highest BCUT2D eigenvalue weighted by molar-refractivity contribution is 8.00. The number of hydrogen-bond acceptors (Lipinski definition) is 4. The highest BCUT2D eigenvalue weighted by atomic mass is 32.2. The van der Waals surface area contributed by atoms with E-state index in [-0.39, 0.29) is 5.78 Å². The molecule has 0 radical (unpaired) electrons. The van der Waals surface area contributed by atoms with E-state index in [1.165, 1.54) is 11.8 Å². The van der Waals surface area contributed by atoms with Crippen LogP contribution in [0.1, 0.15) is 10.4 Å². The Labute approximate surface area is 97.7 Å². The molecule has 0 saturated carbocycles. The van der Waals surface area contributed by atoms with Gasteiger partial charge < -0.3 is 0 Å². The van der Waals surface area contributed by atoms with Crippen molar-refractivity contribution in [1.29, 1.82) is 0 Å². The van der Waals surface area contributed by atoms with Crippen LogP contribution in [0.2, 0.25) is 0 Å². The molecule has 5 heteroatoms. The molecular weight excluding hydrogens is 222 g/mol. The van der Waals surface area contributed by atoms with Gasteiger partial charge in [-0.15, -0.1) is 11.8 Å². The molecule has 16 heavy (non-hydrogen) atoms. The Hall–Kier alpha value is -1.62. The van der Waals surface area contributed by atoms with Crippen molar-refractivity contribution in [3.63, 3.8) is 0 Å². The number of aromatic nitrogens is 3. The molecule has 0 N–H and O–H groups in total. The number of rotatable bonds is 4. The number of pyridine rings is 1. The van der Waals surface area contributed by atoms with Gasteiger partial charge in [0.15, 0.2) is 5.78 Å². The number of thioether (sulfide) groups is 1. The maximum atomic E-state index is 11.7.